The van der Waals surface area contributed by atoms with Gasteiger partial charge in [0.2, 0.25) is 5.91 Å². The fraction of sp³-hybridized carbons (Fsp3) is 0.448. The molecule has 2 aromatic carbocycles. The summed E-state index contributed by atoms with van der Waals surface area (Å²) < 4.78 is 4.22. The van der Waals surface area contributed by atoms with Crippen LogP contribution in [0.1, 0.15) is 37.5 Å². The fourth-order valence-electron chi connectivity index (χ4n) is 4.54. The molecule has 2 aromatic rings. The third-order valence-electron chi connectivity index (χ3n) is 6.74. The van der Waals surface area contributed by atoms with E-state index in [0.717, 1.165) is 16.7 Å². The van der Waals surface area contributed by atoms with Crippen LogP contribution in [-0.4, -0.2) is 75.8 Å². The summed E-state index contributed by atoms with van der Waals surface area (Å²) in [6.07, 6.45) is -1.50. The molecule has 1 heterocycles. The smallest absolute Gasteiger partial charge is 0.325 e. The summed E-state index contributed by atoms with van der Waals surface area (Å²) in [5.41, 5.74) is 2.80. The number of aryl methyl sites for hydroxylation is 1. The number of nitrogens with zero attached hydrogens (tertiary/aromatic N) is 1. The van der Waals surface area contributed by atoms with E-state index >= 15 is 0 Å². The molecule has 1 fully saturated rings. The van der Waals surface area contributed by atoms with Gasteiger partial charge in [0.15, 0.2) is 6.10 Å². The van der Waals surface area contributed by atoms with Crippen molar-refractivity contribution in [3.63, 3.8) is 0 Å². The van der Waals surface area contributed by atoms with Crippen LogP contribution in [0.2, 0.25) is 0 Å². The maximum atomic E-state index is 13.7. The summed E-state index contributed by atoms with van der Waals surface area (Å²) in [7, 11) is 0. The average Bonchev–Trinajstić information content (AvgIpc) is 3.25. The summed E-state index contributed by atoms with van der Waals surface area (Å²) in [5, 5.41) is 19.2. The summed E-state index contributed by atoms with van der Waals surface area (Å²) in [6.45, 7) is 7.52. The number of aliphatic hydroxyl groups excluding tert-OH is 1. The Bertz CT molecular complexity index is 1190. The molecule has 1 aliphatic rings. The first-order chi connectivity index (χ1) is 19.0. The van der Waals surface area contributed by atoms with Crippen LogP contribution in [0, 0.1) is 6.92 Å². The minimum atomic E-state index is -1.64. The molecule has 1 aliphatic heterocycles. The molecule has 0 aromatic heterocycles. The van der Waals surface area contributed by atoms with E-state index in [4.69, 9.17) is 4.74 Å². The molecule has 40 heavy (non-hydrogen) atoms. The van der Waals surface area contributed by atoms with Gasteiger partial charge < -0.3 is 30.7 Å². The quantitative estimate of drug-likeness (QED) is 0.304. The lowest BCUT2D eigenvalue weighted by Gasteiger charge is -2.33. The second kappa shape index (κ2) is 14.2. The lowest BCUT2D eigenvalue weighted by atomic mass is 9.97. The third-order valence-corrected chi connectivity index (χ3v) is 8.11. The molecule has 3 atom stereocenters. The number of thioether (sulfide) groups is 1. The first-order valence-corrected chi connectivity index (χ1v) is 14.2. The van der Waals surface area contributed by atoms with Crippen molar-refractivity contribution in [2.75, 3.05) is 19.0 Å². The molecule has 4 N–H and O–H groups in total. The Kier molecular flexibility index (Phi) is 11.0. The number of urea groups is 1. The van der Waals surface area contributed by atoms with Crippen LogP contribution in [-0.2, 0) is 32.1 Å². The van der Waals surface area contributed by atoms with Crippen LogP contribution in [0.5, 0.6) is 0 Å². The molecule has 1 saturated heterocycles. The number of amides is 4. The highest BCUT2D eigenvalue weighted by Gasteiger charge is 2.49. The van der Waals surface area contributed by atoms with Gasteiger partial charge in [0.25, 0.3) is 5.91 Å². The number of rotatable bonds is 11. The highest BCUT2D eigenvalue weighted by molar-refractivity contribution is 8.00. The van der Waals surface area contributed by atoms with Crippen LogP contribution >= 0.6 is 11.8 Å². The average molecular weight is 571 g/mol. The number of hydrogen-bond donors (Lipinski definition) is 4. The second-order valence-corrected chi connectivity index (χ2v) is 11.7. The first-order valence-electron chi connectivity index (χ1n) is 13.2. The van der Waals surface area contributed by atoms with E-state index in [9.17, 15) is 24.3 Å². The van der Waals surface area contributed by atoms with Crippen LogP contribution in [0.25, 0.3) is 0 Å². The molecular weight excluding hydrogens is 532 g/mol. The zero-order valence-corrected chi connectivity index (χ0v) is 24.1. The van der Waals surface area contributed by atoms with Crippen molar-refractivity contribution in [3.8, 4) is 0 Å². The van der Waals surface area contributed by atoms with Crippen molar-refractivity contribution in [2.45, 2.75) is 63.6 Å². The highest BCUT2D eigenvalue weighted by atomic mass is 32.2. The SMILES string of the molecule is CCOC(=O)CNC(=O)NC(Cc1ccccc1)C(O)C(=O)N1CSC(C)(C)C1C(=O)NCc1ccccc1C. The number of esters is 1. The van der Waals surface area contributed by atoms with Crippen molar-refractivity contribution in [3.05, 3.63) is 71.3 Å². The van der Waals surface area contributed by atoms with Gasteiger partial charge in [-0.3, -0.25) is 14.4 Å². The highest BCUT2D eigenvalue weighted by Crippen LogP contribution is 2.40. The van der Waals surface area contributed by atoms with Gasteiger partial charge in [0.1, 0.15) is 12.6 Å². The Morgan fingerprint density at radius 2 is 1.75 bits per heavy atom. The van der Waals surface area contributed by atoms with Gasteiger partial charge in [-0.2, -0.15) is 0 Å². The van der Waals surface area contributed by atoms with Gasteiger partial charge >= 0.3 is 12.0 Å². The molecular formula is C29H38N4O6S. The predicted octanol–water partition coefficient (Wildman–Crippen LogP) is 2.13. The molecule has 0 spiro atoms. The normalized spacial score (nSPS) is 17.4. The maximum absolute atomic E-state index is 13.7. The molecule has 10 nitrogen and oxygen atoms in total. The van der Waals surface area contributed by atoms with E-state index in [-0.39, 0.29) is 31.4 Å². The molecule has 4 amide bonds. The molecule has 3 rings (SSSR count). The lowest BCUT2D eigenvalue weighted by molar-refractivity contribution is -0.147. The lowest BCUT2D eigenvalue weighted by Crippen LogP contribution is -2.59. The number of ether oxygens (including phenoxy) is 1. The van der Waals surface area contributed by atoms with E-state index in [1.165, 1.54) is 16.7 Å². The van der Waals surface area contributed by atoms with E-state index in [1.54, 1.807) is 6.92 Å². The Balaban J connectivity index is 1.75. The number of carbonyl (C=O) groups is 4. The largest absolute Gasteiger partial charge is 0.465 e. The van der Waals surface area contributed by atoms with Crippen molar-refractivity contribution >= 4 is 35.6 Å². The molecule has 0 saturated carbocycles. The summed E-state index contributed by atoms with van der Waals surface area (Å²) >= 11 is 1.44. The zero-order valence-electron chi connectivity index (χ0n) is 23.3. The second-order valence-electron chi connectivity index (χ2n) is 10.1. The fourth-order valence-corrected chi connectivity index (χ4v) is 5.68. The van der Waals surface area contributed by atoms with Crippen molar-refractivity contribution < 1.29 is 29.0 Å². The van der Waals surface area contributed by atoms with Crippen LogP contribution in [0.3, 0.4) is 0 Å². The molecule has 11 heteroatoms. The van der Waals surface area contributed by atoms with Gasteiger partial charge in [-0.25, -0.2) is 4.79 Å². The molecule has 3 unspecified atom stereocenters. The Labute approximate surface area is 239 Å². The summed E-state index contributed by atoms with van der Waals surface area (Å²) in [5.74, 6) is -1.39. The van der Waals surface area contributed by atoms with Gasteiger partial charge in [0.05, 0.1) is 18.5 Å². The van der Waals surface area contributed by atoms with E-state index < -0.39 is 40.8 Å². The van der Waals surface area contributed by atoms with Crippen molar-refractivity contribution in [1.82, 2.24) is 20.9 Å². The van der Waals surface area contributed by atoms with E-state index in [2.05, 4.69) is 16.0 Å². The molecule has 216 valence electrons. The van der Waals surface area contributed by atoms with E-state index in [0.29, 0.717) is 6.54 Å². The Morgan fingerprint density at radius 1 is 1.07 bits per heavy atom. The van der Waals surface area contributed by atoms with Gasteiger partial charge in [-0.05, 0) is 50.8 Å². The molecule has 0 aliphatic carbocycles. The number of hydrogen-bond acceptors (Lipinski definition) is 7. The summed E-state index contributed by atoms with van der Waals surface area (Å²) in [4.78, 5) is 52.7. The van der Waals surface area contributed by atoms with E-state index in [1.807, 2.05) is 75.4 Å². The topological polar surface area (TPSA) is 137 Å². The van der Waals surface area contributed by atoms with Gasteiger partial charge in [-0.1, -0.05) is 54.6 Å². The zero-order chi connectivity index (χ0) is 29.3. The van der Waals surface area contributed by atoms with Gasteiger partial charge in [0, 0.05) is 11.3 Å². The predicted molar refractivity (Wildman–Crippen MR) is 153 cm³/mol. The molecule has 0 bridgehead atoms. The number of carbonyl (C=O) groups excluding carboxylic acids is 4. The summed E-state index contributed by atoms with van der Waals surface area (Å²) in [6, 6.07) is 14.2. The Hall–Kier alpha value is -3.57. The monoisotopic (exact) mass is 570 g/mol. The first kappa shape index (κ1) is 31.0. The molecule has 0 radical (unpaired) electrons. The minimum Gasteiger partial charge on any atom is -0.465 e. The number of aliphatic hydroxyl groups is 1. The maximum Gasteiger partial charge on any atom is 0.325 e. The Morgan fingerprint density at radius 3 is 2.42 bits per heavy atom. The number of benzene rings is 2. The van der Waals surface area contributed by atoms with Crippen molar-refractivity contribution in [2.24, 2.45) is 0 Å². The van der Waals surface area contributed by atoms with Crippen LogP contribution in [0.15, 0.2) is 54.6 Å². The van der Waals surface area contributed by atoms with Crippen LogP contribution < -0.4 is 16.0 Å². The standard InChI is InChI=1S/C29H38N4O6S/c1-5-39-23(34)17-31-28(38)32-22(15-20-12-7-6-8-13-20)24(35)27(37)33-18-40-29(3,4)25(33)26(36)30-16-21-14-10-9-11-19(21)2/h6-14,22,24-25,35H,5,15-18H2,1-4H3,(H,30,36)(H2,31,32,38). The third kappa shape index (κ3) is 8.22. The van der Waals surface area contributed by atoms with Crippen LogP contribution in [0.4, 0.5) is 4.79 Å². The number of nitrogens with one attached hydrogen (secondary N) is 3. The minimum absolute atomic E-state index is 0.148. The van der Waals surface area contributed by atoms with Gasteiger partial charge in [-0.15, -0.1) is 11.8 Å². The van der Waals surface area contributed by atoms with Crippen molar-refractivity contribution in [1.29, 1.82) is 0 Å².